The average Bonchev–Trinajstić information content (AvgIpc) is 3.34. The van der Waals surface area contributed by atoms with Crippen LogP contribution in [0.15, 0.2) is 12.4 Å². The minimum atomic E-state index is -0.721. The van der Waals surface area contributed by atoms with Crippen molar-refractivity contribution in [1.29, 1.82) is 0 Å². The van der Waals surface area contributed by atoms with E-state index in [9.17, 15) is 9.59 Å². The van der Waals surface area contributed by atoms with E-state index in [0.717, 1.165) is 25.1 Å². The lowest BCUT2D eigenvalue weighted by atomic mass is 10.0. The molecule has 1 atom stereocenters. The van der Waals surface area contributed by atoms with Gasteiger partial charge < -0.3 is 24.1 Å². The number of aryl methyl sites for hydroxylation is 2. The summed E-state index contributed by atoms with van der Waals surface area (Å²) >= 11 is 0. The van der Waals surface area contributed by atoms with E-state index >= 15 is 0 Å². The Labute approximate surface area is 250 Å². The Balaban J connectivity index is 0.0000152. The average molecular weight is 588 g/mol. The number of carbonyl (C=O) groups is 2. The molecule has 0 aliphatic rings. The molecule has 0 aliphatic carbocycles. The molecule has 1 aromatic heterocycles. The maximum Gasteiger partial charge on any atom is 0.409 e. The summed E-state index contributed by atoms with van der Waals surface area (Å²) in [5.41, 5.74) is 0. The van der Waals surface area contributed by atoms with Crippen LogP contribution in [0.4, 0.5) is 4.79 Å². The Morgan fingerprint density at radius 1 is 0.850 bits per heavy atom. The second-order valence-corrected chi connectivity index (χ2v) is 10.6. The minimum Gasteiger partial charge on any atom is -0.465 e. The molecule has 1 heterocycles. The van der Waals surface area contributed by atoms with E-state index in [-0.39, 0.29) is 25.0 Å². The molecule has 1 aromatic rings. The first-order valence-corrected chi connectivity index (χ1v) is 15.7. The normalized spacial score (nSPS) is 11.6. The number of alkyl carbamates (subject to hydrolysis) is 1. The maximum absolute atomic E-state index is 12.0. The molecule has 0 radical (unpaired) electrons. The zero-order valence-electron chi connectivity index (χ0n) is 25.6. The Kier molecular flexibility index (Phi) is 26.1. The van der Waals surface area contributed by atoms with E-state index in [1.807, 2.05) is 17.8 Å². The third kappa shape index (κ3) is 22.0. The van der Waals surface area contributed by atoms with Gasteiger partial charge in [-0.05, 0) is 12.8 Å². The molecule has 0 unspecified atom stereocenters. The number of hydrogen-bond acceptors (Lipinski definition) is 6. The molecule has 9 heteroatoms. The van der Waals surface area contributed by atoms with Crippen molar-refractivity contribution >= 4 is 24.5 Å². The summed E-state index contributed by atoms with van der Waals surface area (Å²) in [6, 6.07) is 0. The van der Waals surface area contributed by atoms with Crippen LogP contribution >= 0.6 is 12.4 Å². The van der Waals surface area contributed by atoms with Crippen LogP contribution in [0.5, 0.6) is 0 Å². The molecular formula is C31H58ClN3O5. The van der Waals surface area contributed by atoms with Crippen molar-refractivity contribution in [3.63, 3.8) is 0 Å². The molecule has 0 aliphatic heterocycles. The standard InChI is InChI=1S/C31H57N3O5.ClH/c1-4-5-6-7-8-9-10-11-12-13-14-15-16-17-18-19-26-38-30(39-31(36)32-2)23-27-37-29(35)22-20-21-28-33-24-25-34(28)3;/h24-25,30H,4-23,26-27H2,1-3H3,(H,32,36);1H/t30-;/m1./s1. The number of ether oxygens (including phenoxy) is 3. The second-order valence-electron chi connectivity index (χ2n) is 10.6. The van der Waals surface area contributed by atoms with Crippen LogP contribution in [0.25, 0.3) is 0 Å². The number of imidazole rings is 1. The van der Waals surface area contributed by atoms with Gasteiger partial charge in [0.15, 0.2) is 0 Å². The van der Waals surface area contributed by atoms with Gasteiger partial charge in [0.1, 0.15) is 5.82 Å². The van der Waals surface area contributed by atoms with Crippen LogP contribution in [0, 0.1) is 0 Å². The Morgan fingerprint density at radius 3 is 1.90 bits per heavy atom. The van der Waals surface area contributed by atoms with Crippen LogP contribution in [-0.2, 0) is 32.5 Å². The maximum atomic E-state index is 12.0. The molecule has 8 nitrogen and oxygen atoms in total. The van der Waals surface area contributed by atoms with Crippen LogP contribution < -0.4 is 5.32 Å². The lowest BCUT2D eigenvalue weighted by Gasteiger charge is -2.18. The minimum absolute atomic E-state index is 0. The quantitative estimate of drug-likeness (QED) is 0.0669. The van der Waals surface area contributed by atoms with Crippen LogP contribution in [0.1, 0.15) is 135 Å². The summed E-state index contributed by atoms with van der Waals surface area (Å²) in [6.07, 6.45) is 25.5. The molecule has 40 heavy (non-hydrogen) atoms. The Bertz CT molecular complexity index is 732. The van der Waals surface area contributed by atoms with Crippen molar-refractivity contribution in [1.82, 2.24) is 14.9 Å². The van der Waals surface area contributed by atoms with E-state index in [2.05, 4.69) is 17.2 Å². The van der Waals surface area contributed by atoms with Crippen molar-refractivity contribution in [3.05, 3.63) is 18.2 Å². The van der Waals surface area contributed by atoms with Gasteiger partial charge in [0.25, 0.3) is 0 Å². The van der Waals surface area contributed by atoms with E-state index in [0.29, 0.717) is 25.9 Å². The molecule has 0 saturated carbocycles. The first kappa shape index (κ1) is 38.2. The molecule has 0 aromatic carbocycles. The van der Waals surface area contributed by atoms with Gasteiger partial charge in [-0.25, -0.2) is 9.78 Å². The van der Waals surface area contributed by atoms with Crippen LogP contribution in [0.2, 0.25) is 0 Å². The first-order valence-electron chi connectivity index (χ1n) is 15.7. The monoisotopic (exact) mass is 587 g/mol. The van der Waals surface area contributed by atoms with E-state index in [1.165, 1.54) is 96.9 Å². The zero-order valence-corrected chi connectivity index (χ0v) is 26.4. The number of nitrogens with zero attached hydrogens (tertiary/aromatic N) is 2. The number of carbonyl (C=O) groups excluding carboxylic acids is 2. The summed E-state index contributed by atoms with van der Waals surface area (Å²) in [6.45, 7) is 2.95. The number of unbranched alkanes of at least 4 members (excludes halogenated alkanes) is 15. The smallest absolute Gasteiger partial charge is 0.409 e. The van der Waals surface area contributed by atoms with Gasteiger partial charge >= 0.3 is 12.1 Å². The summed E-state index contributed by atoms with van der Waals surface area (Å²) in [7, 11) is 3.45. The van der Waals surface area contributed by atoms with Gasteiger partial charge in [0.2, 0.25) is 6.29 Å². The number of halogens is 1. The lowest BCUT2D eigenvalue weighted by Crippen LogP contribution is -2.29. The molecule has 0 bridgehead atoms. The van der Waals surface area contributed by atoms with Crippen molar-refractivity contribution in [3.8, 4) is 0 Å². The van der Waals surface area contributed by atoms with Gasteiger partial charge in [-0.3, -0.25) is 4.79 Å². The first-order chi connectivity index (χ1) is 19.1. The van der Waals surface area contributed by atoms with Gasteiger partial charge in [-0.15, -0.1) is 12.4 Å². The molecule has 1 amide bonds. The molecule has 234 valence electrons. The summed E-state index contributed by atoms with van der Waals surface area (Å²) < 4.78 is 18.3. The highest BCUT2D eigenvalue weighted by Gasteiger charge is 2.15. The Morgan fingerprint density at radius 2 is 1.40 bits per heavy atom. The Hall–Kier alpha value is -1.80. The largest absolute Gasteiger partial charge is 0.465 e. The summed E-state index contributed by atoms with van der Waals surface area (Å²) in [5.74, 6) is 0.685. The van der Waals surface area contributed by atoms with Crippen LogP contribution in [0.3, 0.4) is 0 Å². The third-order valence-corrected chi connectivity index (χ3v) is 7.06. The SMILES string of the molecule is CCCCCCCCCCCCCCCCCCO[C@@H](CCOC(=O)CCCc1nccn1C)OC(=O)NC.Cl. The van der Waals surface area contributed by atoms with E-state index < -0.39 is 12.4 Å². The highest BCUT2D eigenvalue weighted by atomic mass is 35.5. The van der Waals surface area contributed by atoms with Crippen molar-refractivity contribution in [2.45, 2.75) is 142 Å². The zero-order chi connectivity index (χ0) is 28.4. The van der Waals surface area contributed by atoms with Gasteiger partial charge in [-0.1, -0.05) is 103 Å². The van der Waals surface area contributed by atoms with Gasteiger partial charge in [-0.2, -0.15) is 0 Å². The molecule has 0 spiro atoms. The molecule has 0 saturated heterocycles. The van der Waals surface area contributed by atoms with E-state index in [4.69, 9.17) is 14.2 Å². The molecule has 1 N–H and O–H groups in total. The van der Waals surface area contributed by atoms with Crippen molar-refractivity contribution in [2.24, 2.45) is 7.05 Å². The topological polar surface area (TPSA) is 91.7 Å². The number of hydrogen-bond donors (Lipinski definition) is 1. The van der Waals surface area contributed by atoms with E-state index in [1.54, 1.807) is 6.20 Å². The fourth-order valence-electron chi connectivity index (χ4n) is 4.59. The van der Waals surface area contributed by atoms with Gasteiger partial charge in [0, 0.05) is 45.8 Å². The number of amides is 1. The number of aromatic nitrogens is 2. The highest BCUT2D eigenvalue weighted by molar-refractivity contribution is 5.85. The highest BCUT2D eigenvalue weighted by Crippen LogP contribution is 2.14. The second kappa shape index (κ2) is 27.4. The van der Waals surface area contributed by atoms with Gasteiger partial charge in [0.05, 0.1) is 13.2 Å². The summed E-state index contributed by atoms with van der Waals surface area (Å²) in [4.78, 5) is 27.9. The summed E-state index contributed by atoms with van der Waals surface area (Å²) in [5, 5.41) is 2.44. The number of nitrogens with one attached hydrogen (secondary N) is 1. The number of rotatable bonds is 26. The fourth-order valence-corrected chi connectivity index (χ4v) is 4.59. The van der Waals surface area contributed by atoms with Crippen molar-refractivity contribution in [2.75, 3.05) is 20.3 Å². The molecule has 1 rings (SSSR count). The predicted molar refractivity (Wildman–Crippen MR) is 164 cm³/mol. The third-order valence-electron chi connectivity index (χ3n) is 7.06. The fraction of sp³-hybridized carbons (Fsp3) is 0.839. The predicted octanol–water partition coefficient (Wildman–Crippen LogP) is 8.06. The van der Waals surface area contributed by atoms with Crippen molar-refractivity contribution < 1.29 is 23.8 Å². The molecular weight excluding hydrogens is 530 g/mol. The lowest BCUT2D eigenvalue weighted by molar-refractivity contribution is -0.149. The number of esters is 1. The van der Waals surface area contributed by atoms with Crippen LogP contribution in [-0.4, -0.2) is 48.2 Å². The molecule has 0 fully saturated rings.